The number of amides is 1. The average Bonchev–Trinajstić information content (AvgIpc) is 2.15. The fraction of sp³-hybridized carbons (Fsp3) is 0.778. The first-order valence-corrected chi connectivity index (χ1v) is 4.59. The van der Waals surface area contributed by atoms with E-state index in [0.717, 1.165) is 0 Å². The monoisotopic (exact) mass is 259 g/mol. The van der Waals surface area contributed by atoms with E-state index < -0.39 is 23.4 Å². The van der Waals surface area contributed by atoms with Gasteiger partial charge in [-0.15, -0.1) is 0 Å². The van der Waals surface area contributed by atoms with Crippen LogP contribution in [-0.2, 0) is 9.59 Å². The first-order valence-electron chi connectivity index (χ1n) is 4.59. The van der Waals surface area contributed by atoms with E-state index in [1.807, 2.05) is 0 Å². The molecule has 0 aromatic heterocycles. The molecule has 0 aliphatic carbocycles. The van der Waals surface area contributed by atoms with E-state index in [4.69, 9.17) is 10.2 Å². The van der Waals surface area contributed by atoms with Crippen molar-refractivity contribution in [3.05, 3.63) is 0 Å². The molecule has 4 N–H and O–H groups in total. The maximum absolute atomic E-state index is 11.3. The molecule has 1 atom stereocenters. The van der Waals surface area contributed by atoms with Crippen LogP contribution in [0.5, 0.6) is 0 Å². The Morgan fingerprint density at radius 3 is 2.25 bits per heavy atom. The van der Waals surface area contributed by atoms with E-state index in [-0.39, 0.29) is 57.3 Å². The quantitative estimate of drug-likeness (QED) is 0.438. The van der Waals surface area contributed by atoms with Crippen LogP contribution in [0.2, 0.25) is 0 Å². The Bertz CT molecular complexity index is 244. The number of aliphatic carboxylic acids is 1. The molecule has 6 nitrogen and oxygen atoms in total. The van der Waals surface area contributed by atoms with Gasteiger partial charge in [0.1, 0.15) is 6.10 Å². The third-order valence-corrected chi connectivity index (χ3v) is 2.03. The molecule has 0 aliphatic heterocycles. The van der Waals surface area contributed by atoms with Gasteiger partial charge in [-0.25, -0.2) is 0 Å². The average molecular weight is 259 g/mol. The minimum absolute atomic E-state index is 0. The van der Waals surface area contributed by atoms with E-state index in [1.165, 1.54) is 13.8 Å². The number of rotatable bonds is 6. The summed E-state index contributed by atoms with van der Waals surface area (Å²) in [6.45, 7) is 2.70. The third kappa shape index (κ3) is 6.65. The molecule has 0 saturated carbocycles. The number of carbonyl (C=O) groups is 2. The van der Waals surface area contributed by atoms with Gasteiger partial charge in [0, 0.05) is 12.0 Å². The Balaban J connectivity index is 0. The van der Waals surface area contributed by atoms with Gasteiger partial charge in [0.25, 0.3) is 0 Å². The second-order valence-corrected chi connectivity index (χ2v) is 3.98. The third-order valence-electron chi connectivity index (χ3n) is 2.03. The van der Waals surface area contributed by atoms with Crippen LogP contribution < -0.4 is 5.32 Å². The molecule has 0 heterocycles. The fourth-order valence-corrected chi connectivity index (χ4v) is 0.831. The van der Waals surface area contributed by atoms with Gasteiger partial charge < -0.3 is 20.6 Å². The number of nitrogens with one attached hydrogen (secondary N) is 1. The Morgan fingerprint density at radius 2 is 1.88 bits per heavy atom. The minimum atomic E-state index is -1.35. The summed E-state index contributed by atoms with van der Waals surface area (Å²) in [5, 5.41) is 29.0. The summed E-state index contributed by atoms with van der Waals surface area (Å²) in [5.74, 6) is -1.69. The summed E-state index contributed by atoms with van der Waals surface area (Å²) in [7, 11) is 0. The van der Waals surface area contributed by atoms with Crippen molar-refractivity contribution in [3.63, 3.8) is 0 Å². The number of carboxylic acids is 1. The van der Waals surface area contributed by atoms with Crippen molar-refractivity contribution in [1.29, 1.82) is 0 Å². The van der Waals surface area contributed by atoms with Gasteiger partial charge >= 0.3 is 43.7 Å². The van der Waals surface area contributed by atoms with Gasteiger partial charge in [-0.05, 0) is 0 Å². The van der Waals surface area contributed by atoms with E-state index in [9.17, 15) is 14.7 Å². The molecule has 0 rings (SSSR count). The van der Waals surface area contributed by atoms with Crippen LogP contribution in [0.3, 0.4) is 0 Å². The first-order chi connectivity index (χ1) is 6.81. The summed E-state index contributed by atoms with van der Waals surface area (Å²) in [6, 6.07) is 0. The van der Waals surface area contributed by atoms with Crippen molar-refractivity contribution in [2.45, 2.75) is 26.4 Å². The summed E-state index contributed by atoms with van der Waals surface area (Å²) < 4.78 is 0. The second kappa shape index (κ2) is 8.25. The topological polar surface area (TPSA) is 107 Å². The smallest absolute Gasteiger partial charge is 0.481 e. The molecule has 0 saturated heterocycles. The molecule has 0 spiro atoms. The Kier molecular flexibility index (Phi) is 9.53. The molecule has 16 heavy (non-hydrogen) atoms. The Hall–Kier alpha value is 0.120. The molecule has 0 aromatic rings. The molecule has 0 aliphatic rings. The zero-order valence-electron chi connectivity index (χ0n) is 9.56. The number of carboxylic acid groups (broad SMARTS) is 1. The Morgan fingerprint density at radius 1 is 1.38 bits per heavy atom. The molecule has 1 amide bonds. The summed E-state index contributed by atoms with van der Waals surface area (Å²) >= 11 is 0. The number of hydrogen-bond acceptors (Lipinski definition) is 4. The largest absolute Gasteiger partial charge is 2.00 e. The van der Waals surface area contributed by atoms with Crippen molar-refractivity contribution in [2.75, 3.05) is 13.2 Å². The van der Waals surface area contributed by atoms with E-state index in [0.29, 0.717) is 0 Å². The molecule has 0 unspecified atom stereocenters. The predicted molar refractivity (Wildman–Crippen MR) is 57.9 cm³/mol. The van der Waals surface area contributed by atoms with Crippen LogP contribution in [-0.4, -0.2) is 84.2 Å². The number of hydrogen-bond donors (Lipinski definition) is 4. The Labute approximate surface area is 124 Å². The predicted octanol–water partition coefficient (Wildman–Crippen LogP) is -1.42. The SMILES string of the molecule is CC(C)(CO)[C@@H](O)C(=O)NCCC(=O)O.[Ca+2]. The van der Waals surface area contributed by atoms with Gasteiger partial charge in [-0.1, -0.05) is 13.8 Å². The molecular weight excluding hydrogens is 242 g/mol. The van der Waals surface area contributed by atoms with Crippen LogP contribution in [0.4, 0.5) is 0 Å². The standard InChI is InChI=1S/C9H17NO5.Ca/c1-9(2,5-11)7(14)8(15)10-4-3-6(12)13;/h7,11,14H,3-5H2,1-2H3,(H,10,15)(H,12,13);/q;+2/t7-;/m0./s1. The molecule has 0 fully saturated rings. The van der Waals surface area contributed by atoms with Crippen molar-refractivity contribution in [1.82, 2.24) is 5.32 Å². The van der Waals surface area contributed by atoms with Crippen LogP contribution in [0.15, 0.2) is 0 Å². The maximum atomic E-state index is 11.3. The van der Waals surface area contributed by atoms with E-state index in [1.54, 1.807) is 0 Å². The van der Waals surface area contributed by atoms with Crippen molar-refractivity contribution in [3.8, 4) is 0 Å². The van der Waals surface area contributed by atoms with Gasteiger partial charge in [0.2, 0.25) is 5.91 Å². The number of aliphatic hydroxyl groups is 2. The normalized spacial score (nSPS) is 12.5. The zero-order chi connectivity index (χ0) is 12.1. The van der Waals surface area contributed by atoms with Gasteiger partial charge in [0.05, 0.1) is 13.0 Å². The van der Waals surface area contributed by atoms with Crippen molar-refractivity contribution < 1.29 is 24.9 Å². The summed E-state index contributed by atoms with van der Waals surface area (Å²) in [4.78, 5) is 21.4. The second-order valence-electron chi connectivity index (χ2n) is 3.98. The molecule has 0 bridgehead atoms. The molecule has 0 aromatic carbocycles. The molecular formula is C9H17CaNO5+2. The zero-order valence-corrected chi connectivity index (χ0v) is 11.8. The van der Waals surface area contributed by atoms with Crippen LogP contribution in [0, 0.1) is 5.41 Å². The summed E-state index contributed by atoms with van der Waals surface area (Å²) in [5.41, 5.74) is -0.937. The van der Waals surface area contributed by atoms with E-state index in [2.05, 4.69) is 5.32 Å². The van der Waals surface area contributed by atoms with Crippen LogP contribution in [0.1, 0.15) is 20.3 Å². The van der Waals surface area contributed by atoms with Crippen LogP contribution in [0.25, 0.3) is 0 Å². The molecule has 7 heteroatoms. The first kappa shape index (κ1) is 18.5. The van der Waals surface area contributed by atoms with Gasteiger partial charge in [0.15, 0.2) is 0 Å². The maximum Gasteiger partial charge on any atom is 2.00 e. The fourth-order valence-electron chi connectivity index (χ4n) is 0.831. The summed E-state index contributed by atoms with van der Waals surface area (Å²) in [6.07, 6.45) is -1.55. The number of carbonyl (C=O) groups excluding carboxylic acids is 1. The minimum Gasteiger partial charge on any atom is -0.481 e. The van der Waals surface area contributed by atoms with Crippen molar-refractivity contribution in [2.24, 2.45) is 5.41 Å². The van der Waals surface area contributed by atoms with Crippen LogP contribution >= 0.6 is 0 Å². The van der Waals surface area contributed by atoms with Gasteiger partial charge in [-0.3, -0.25) is 9.59 Å². The van der Waals surface area contributed by atoms with Gasteiger partial charge in [-0.2, -0.15) is 0 Å². The number of aliphatic hydroxyl groups excluding tert-OH is 2. The molecule has 88 valence electrons. The molecule has 0 radical (unpaired) electrons. The van der Waals surface area contributed by atoms with E-state index >= 15 is 0 Å². The van der Waals surface area contributed by atoms with Crippen molar-refractivity contribution >= 4 is 49.6 Å².